The number of ether oxygens (including phenoxy) is 3. The summed E-state index contributed by atoms with van der Waals surface area (Å²) < 4.78 is 79.5. The molecular formula is C18H11F5N4O3. The first-order chi connectivity index (χ1) is 14.3. The first kappa shape index (κ1) is 18.6. The zero-order valence-electron chi connectivity index (χ0n) is 14.7. The van der Waals surface area contributed by atoms with Gasteiger partial charge >= 0.3 is 12.8 Å². The molecule has 2 heterocycles. The molecule has 0 radical (unpaired) electrons. The van der Waals surface area contributed by atoms with E-state index in [9.17, 15) is 22.0 Å². The molecule has 7 nitrogen and oxygen atoms in total. The summed E-state index contributed by atoms with van der Waals surface area (Å²) in [6, 6.07) is 6.97. The number of benzene rings is 2. The summed E-state index contributed by atoms with van der Waals surface area (Å²) in [6.07, 6.45) is -4.85. The van der Waals surface area contributed by atoms with E-state index < -0.39 is 24.1 Å². The number of alkyl halides is 5. The molecule has 0 saturated heterocycles. The lowest BCUT2D eigenvalue weighted by molar-refractivity contribution is -0.138. The third-order valence-corrected chi connectivity index (χ3v) is 4.94. The van der Waals surface area contributed by atoms with Crippen molar-refractivity contribution >= 4 is 0 Å². The van der Waals surface area contributed by atoms with E-state index in [0.29, 0.717) is 17.6 Å². The van der Waals surface area contributed by atoms with Crippen LogP contribution in [0, 0.1) is 0 Å². The van der Waals surface area contributed by atoms with Crippen LogP contribution in [0.2, 0.25) is 0 Å². The number of hydrogen-bond donors (Lipinski definition) is 1. The maximum absolute atomic E-state index is 12.9. The van der Waals surface area contributed by atoms with Gasteiger partial charge < -0.3 is 14.2 Å². The van der Waals surface area contributed by atoms with E-state index in [1.54, 1.807) is 18.2 Å². The van der Waals surface area contributed by atoms with Crippen LogP contribution in [0.5, 0.6) is 23.0 Å². The zero-order valence-corrected chi connectivity index (χ0v) is 14.7. The Bertz CT molecular complexity index is 1090. The van der Waals surface area contributed by atoms with Crippen LogP contribution in [0.3, 0.4) is 0 Å². The SMILES string of the molecule is FC(F)Oc1cc(C(F)(F)F)ccc1Oc1ccc2c(c1)O[C@H]1C(c3nn[nH]n3)[C@@H]21. The van der Waals surface area contributed by atoms with Gasteiger partial charge in [0.05, 0.1) is 11.5 Å². The monoisotopic (exact) mass is 426 g/mol. The van der Waals surface area contributed by atoms with Crippen molar-refractivity contribution < 1.29 is 36.2 Å². The number of aromatic amines is 1. The number of nitrogens with zero attached hydrogens (tertiary/aromatic N) is 3. The number of hydrogen-bond acceptors (Lipinski definition) is 6. The number of H-pyrrole nitrogens is 1. The van der Waals surface area contributed by atoms with Gasteiger partial charge in [-0.1, -0.05) is 11.3 Å². The number of rotatable bonds is 5. The lowest BCUT2D eigenvalue weighted by atomic mass is 10.1. The van der Waals surface area contributed by atoms with E-state index in [1.165, 1.54) is 0 Å². The normalized spacial score (nSPS) is 21.7. The van der Waals surface area contributed by atoms with Crippen LogP contribution in [-0.2, 0) is 6.18 Å². The van der Waals surface area contributed by atoms with Gasteiger partial charge in [0.1, 0.15) is 17.6 Å². The first-order valence-electron chi connectivity index (χ1n) is 8.69. The van der Waals surface area contributed by atoms with Gasteiger partial charge in [-0.05, 0) is 24.3 Å². The molecule has 1 fully saturated rings. The fourth-order valence-electron chi connectivity index (χ4n) is 3.60. The highest BCUT2D eigenvalue weighted by Crippen LogP contribution is 2.62. The molecule has 5 rings (SSSR count). The number of fused-ring (bicyclic) bond motifs is 3. The Morgan fingerprint density at radius 3 is 2.57 bits per heavy atom. The Hall–Kier alpha value is -3.44. The summed E-state index contributed by atoms with van der Waals surface area (Å²) in [7, 11) is 0. The van der Waals surface area contributed by atoms with E-state index in [1.807, 2.05) is 0 Å². The van der Waals surface area contributed by atoms with Crippen molar-refractivity contribution in [2.75, 3.05) is 0 Å². The summed E-state index contributed by atoms with van der Waals surface area (Å²) >= 11 is 0. The molecule has 156 valence electrons. The molecule has 1 unspecified atom stereocenters. The topological polar surface area (TPSA) is 82.1 Å². The standard InChI is InChI=1S/C18H11F5N4O3/c19-17(20)30-12-5-7(18(21,22)23)1-4-10(12)28-8-2-3-9-11(6-8)29-15-13(9)14(15)16-24-26-27-25-16/h1-6,13-15,17H,(H,24,25,26,27)/t13-,14?,15-/m1/s1. The average molecular weight is 426 g/mol. The summed E-state index contributed by atoms with van der Waals surface area (Å²) in [5.41, 5.74) is -0.228. The highest BCUT2D eigenvalue weighted by atomic mass is 19.4. The fraction of sp³-hybridized carbons (Fsp3) is 0.278. The Morgan fingerprint density at radius 2 is 1.87 bits per heavy atom. The van der Waals surface area contributed by atoms with E-state index in [4.69, 9.17) is 9.47 Å². The van der Waals surface area contributed by atoms with Gasteiger partial charge in [-0.2, -0.15) is 27.2 Å². The number of nitrogens with one attached hydrogen (secondary N) is 1. The van der Waals surface area contributed by atoms with Crippen LogP contribution >= 0.6 is 0 Å². The van der Waals surface area contributed by atoms with Gasteiger partial charge in [0.2, 0.25) is 0 Å². The molecule has 2 aliphatic rings. The zero-order chi connectivity index (χ0) is 21.0. The molecule has 12 heteroatoms. The van der Waals surface area contributed by atoms with Crippen molar-refractivity contribution in [1.29, 1.82) is 0 Å². The van der Waals surface area contributed by atoms with Crippen molar-refractivity contribution in [2.45, 2.75) is 30.7 Å². The molecule has 0 amide bonds. The van der Waals surface area contributed by atoms with Crippen molar-refractivity contribution in [3.8, 4) is 23.0 Å². The Labute approximate surface area is 164 Å². The summed E-state index contributed by atoms with van der Waals surface area (Å²) in [5, 5.41) is 13.8. The molecule has 3 atom stereocenters. The average Bonchev–Trinajstić information content (AvgIpc) is 3.05. The van der Waals surface area contributed by atoms with Gasteiger partial charge in [-0.25, -0.2) is 0 Å². The Morgan fingerprint density at radius 1 is 1.03 bits per heavy atom. The Kier molecular flexibility index (Phi) is 4.05. The molecule has 3 aromatic rings. The minimum atomic E-state index is -4.71. The summed E-state index contributed by atoms with van der Waals surface area (Å²) in [6.45, 7) is -3.31. The molecule has 1 N–H and O–H groups in total. The van der Waals surface area contributed by atoms with Crippen LogP contribution in [0.25, 0.3) is 0 Å². The van der Waals surface area contributed by atoms with Crippen molar-refractivity contribution in [2.24, 2.45) is 0 Å². The van der Waals surface area contributed by atoms with Gasteiger partial charge in [0.25, 0.3) is 0 Å². The van der Waals surface area contributed by atoms with Crippen molar-refractivity contribution in [1.82, 2.24) is 20.6 Å². The minimum Gasteiger partial charge on any atom is -0.489 e. The van der Waals surface area contributed by atoms with E-state index in [0.717, 1.165) is 17.7 Å². The number of aromatic nitrogens is 4. The molecule has 0 bridgehead atoms. The predicted octanol–water partition coefficient (Wildman–Crippen LogP) is 4.25. The molecule has 0 spiro atoms. The first-order valence-corrected chi connectivity index (χ1v) is 8.69. The lowest BCUT2D eigenvalue weighted by Gasteiger charge is -2.15. The van der Waals surface area contributed by atoms with Crippen molar-refractivity contribution in [3.63, 3.8) is 0 Å². The third-order valence-electron chi connectivity index (χ3n) is 4.94. The summed E-state index contributed by atoms with van der Waals surface area (Å²) in [5.74, 6) is 0.335. The number of halogens is 5. The van der Waals surface area contributed by atoms with Crippen LogP contribution in [0.1, 0.15) is 28.8 Å². The van der Waals surface area contributed by atoms with Crippen molar-refractivity contribution in [3.05, 3.63) is 53.3 Å². The fourth-order valence-corrected chi connectivity index (χ4v) is 3.60. The Balaban J connectivity index is 1.38. The molecule has 1 saturated carbocycles. The molecule has 30 heavy (non-hydrogen) atoms. The second-order valence-corrected chi connectivity index (χ2v) is 6.74. The van der Waals surface area contributed by atoms with E-state index in [-0.39, 0.29) is 29.4 Å². The van der Waals surface area contributed by atoms with Crippen LogP contribution in [0.4, 0.5) is 22.0 Å². The maximum Gasteiger partial charge on any atom is 0.416 e. The highest BCUT2D eigenvalue weighted by Gasteiger charge is 2.61. The predicted molar refractivity (Wildman–Crippen MR) is 88.7 cm³/mol. The molecule has 1 aliphatic heterocycles. The largest absolute Gasteiger partial charge is 0.489 e. The van der Waals surface area contributed by atoms with E-state index in [2.05, 4.69) is 25.4 Å². The van der Waals surface area contributed by atoms with Gasteiger partial charge in [0, 0.05) is 17.5 Å². The minimum absolute atomic E-state index is 0.0102. The summed E-state index contributed by atoms with van der Waals surface area (Å²) in [4.78, 5) is 0. The molecular weight excluding hydrogens is 415 g/mol. The lowest BCUT2D eigenvalue weighted by Crippen LogP contribution is -2.08. The molecule has 1 aliphatic carbocycles. The third kappa shape index (κ3) is 3.17. The van der Waals surface area contributed by atoms with Gasteiger partial charge in [-0.15, -0.1) is 10.2 Å². The molecule has 2 aromatic carbocycles. The van der Waals surface area contributed by atoms with Gasteiger partial charge in [0.15, 0.2) is 17.3 Å². The highest BCUT2D eigenvalue weighted by molar-refractivity contribution is 5.55. The van der Waals surface area contributed by atoms with Crippen LogP contribution in [-0.4, -0.2) is 33.3 Å². The van der Waals surface area contributed by atoms with E-state index >= 15 is 0 Å². The second-order valence-electron chi connectivity index (χ2n) is 6.74. The quantitative estimate of drug-likeness (QED) is 0.615. The number of tetrazole rings is 1. The van der Waals surface area contributed by atoms with Crippen LogP contribution < -0.4 is 14.2 Å². The molecule has 1 aromatic heterocycles. The second kappa shape index (κ2) is 6.54. The van der Waals surface area contributed by atoms with Crippen LogP contribution in [0.15, 0.2) is 36.4 Å². The maximum atomic E-state index is 12.9. The smallest absolute Gasteiger partial charge is 0.416 e. The van der Waals surface area contributed by atoms with Gasteiger partial charge in [-0.3, -0.25) is 0 Å².